The lowest BCUT2D eigenvalue weighted by molar-refractivity contribution is 0.0527. The minimum Gasteiger partial charge on any atom is -0.462 e. The second kappa shape index (κ2) is 7.37. The molecule has 2 aromatic rings. The molecule has 0 saturated carbocycles. The molecule has 0 spiro atoms. The van der Waals surface area contributed by atoms with Gasteiger partial charge < -0.3 is 15.4 Å². The molecule has 2 N–H and O–H groups in total. The van der Waals surface area contributed by atoms with Crippen molar-refractivity contribution in [1.29, 1.82) is 0 Å². The number of esters is 1. The number of ether oxygens (including phenoxy) is 1. The molecule has 8 heteroatoms. The minimum atomic E-state index is -0.440. The number of carbonyl (C=O) groups excluding carboxylic acids is 1. The summed E-state index contributed by atoms with van der Waals surface area (Å²) in [6, 6.07) is 7.57. The van der Waals surface area contributed by atoms with Gasteiger partial charge in [0.15, 0.2) is 5.11 Å². The summed E-state index contributed by atoms with van der Waals surface area (Å²) in [6.07, 6.45) is 1.45. The van der Waals surface area contributed by atoms with Gasteiger partial charge in [0, 0.05) is 17.2 Å². The molecule has 2 rings (SSSR count). The second-order valence-electron chi connectivity index (χ2n) is 4.34. The van der Waals surface area contributed by atoms with E-state index in [2.05, 4.69) is 31.7 Å². The van der Waals surface area contributed by atoms with Crippen molar-refractivity contribution in [3.05, 3.63) is 40.5 Å². The Balaban J connectivity index is 2.09. The summed E-state index contributed by atoms with van der Waals surface area (Å²) in [4.78, 5) is 11.9. The zero-order valence-corrected chi connectivity index (χ0v) is 14.5. The number of hydrogen-bond donors (Lipinski definition) is 2. The van der Waals surface area contributed by atoms with E-state index < -0.39 is 5.97 Å². The van der Waals surface area contributed by atoms with Gasteiger partial charge in [-0.25, -0.2) is 4.79 Å². The third kappa shape index (κ3) is 4.05. The Hall–Kier alpha value is -1.93. The van der Waals surface area contributed by atoms with E-state index >= 15 is 0 Å². The summed E-state index contributed by atoms with van der Waals surface area (Å²) in [7, 11) is 1.72. The first-order chi connectivity index (χ1) is 10.5. The van der Waals surface area contributed by atoms with Crippen LogP contribution in [0.5, 0.6) is 0 Å². The molecule has 0 aliphatic rings. The Morgan fingerprint density at radius 1 is 1.36 bits per heavy atom. The molecule has 0 amide bonds. The number of thiocarbonyl (C=S) groups is 1. The molecular formula is C14H15BrN4O2S. The van der Waals surface area contributed by atoms with Crippen LogP contribution in [0, 0.1) is 0 Å². The average Bonchev–Trinajstić information content (AvgIpc) is 2.83. The molecule has 1 aromatic carbocycles. The lowest BCUT2D eigenvalue weighted by Gasteiger charge is -2.12. The largest absolute Gasteiger partial charge is 0.462 e. The lowest BCUT2D eigenvalue weighted by Crippen LogP contribution is -2.22. The zero-order chi connectivity index (χ0) is 16.1. The number of nitrogens with one attached hydrogen (secondary N) is 2. The molecule has 0 radical (unpaired) electrons. The number of carbonyl (C=O) groups is 1. The van der Waals surface area contributed by atoms with Gasteiger partial charge in [0.25, 0.3) is 0 Å². The SMILES string of the molecule is CCOC(=O)c1cnn(C)c1NC(=S)Nc1ccc(Br)cc1. The van der Waals surface area contributed by atoms with Crippen molar-refractivity contribution in [2.24, 2.45) is 7.05 Å². The van der Waals surface area contributed by atoms with E-state index in [1.807, 2.05) is 24.3 Å². The maximum absolute atomic E-state index is 11.9. The van der Waals surface area contributed by atoms with E-state index in [-0.39, 0.29) is 0 Å². The summed E-state index contributed by atoms with van der Waals surface area (Å²) in [6.45, 7) is 2.05. The fourth-order valence-corrected chi connectivity index (χ4v) is 2.23. The first kappa shape index (κ1) is 16.4. The summed E-state index contributed by atoms with van der Waals surface area (Å²) in [5.74, 6) is 0.0394. The Bertz CT molecular complexity index is 685. The highest BCUT2D eigenvalue weighted by molar-refractivity contribution is 9.10. The molecule has 0 atom stereocenters. The predicted molar refractivity (Wildman–Crippen MR) is 93.1 cm³/mol. The number of rotatable bonds is 4. The predicted octanol–water partition coefficient (Wildman–Crippen LogP) is 3.17. The quantitative estimate of drug-likeness (QED) is 0.625. The van der Waals surface area contributed by atoms with Gasteiger partial charge in [-0.3, -0.25) is 4.68 Å². The molecule has 22 heavy (non-hydrogen) atoms. The van der Waals surface area contributed by atoms with Gasteiger partial charge in [-0.1, -0.05) is 15.9 Å². The third-order valence-corrected chi connectivity index (χ3v) is 3.50. The Kier molecular flexibility index (Phi) is 5.51. The molecular weight excluding hydrogens is 368 g/mol. The number of aryl methyl sites for hydroxylation is 1. The summed E-state index contributed by atoms with van der Waals surface area (Å²) in [5.41, 5.74) is 1.17. The van der Waals surface area contributed by atoms with Crippen LogP contribution in [0.25, 0.3) is 0 Å². The molecule has 0 fully saturated rings. The molecule has 0 bridgehead atoms. The van der Waals surface area contributed by atoms with Crippen LogP contribution in [0.15, 0.2) is 34.9 Å². The van der Waals surface area contributed by atoms with E-state index in [0.717, 1.165) is 10.2 Å². The molecule has 6 nitrogen and oxygen atoms in total. The van der Waals surface area contributed by atoms with Crippen LogP contribution in [0.1, 0.15) is 17.3 Å². The molecule has 0 saturated heterocycles. The number of benzene rings is 1. The van der Waals surface area contributed by atoms with E-state index in [1.165, 1.54) is 10.9 Å². The fourth-order valence-electron chi connectivity index (χ4n) is 1.75. The Labute approximate surface area is 142 Å². The highest BCUT2D eigenvalue weighted by Crippen LogP contribution is 2.17. The van der Waals surface area contributed by atoms with Crippen molar-refractivity contribution in [3.8, 4) is 0 Å². The molecule has 1 aromatic heterocycles. The normalized spacial score (nSPS) is 10.1. The Morgan fingerprint density at radius 3 is 2.68 bits per heavy atom. The standard InChI is InChI=1S/C14H15BrN4O2S/c1-3-21-13(20)11-8-16-19(2)12(11)18-14(22)17-10-6-4-9(15)5-7-10/h4-8H,3H2,1-2H3,(H2,17,18,22). The summed E-state index contributed by atoms with van der Waals surface area (Å²) in [5, 5.41) is 10.4. The maximum atomic E-state index is 11.9. The van der Waals surface area contributed by atoms with Gasteiger partial charge in [0.1, 0.15) is 11.4 Å². The van der Waals surface area contributed by atoms with Gasteiger partial charge in [0.2, 0.25) is 0 Å². The highest BCUT2D eigenvalue weighted by atomic mass is 79.9. The first-order valence-electron chi connectivity index (χ1n) is 6.54. The third-order valence-electron chi connectivity index (χ3n) is 2.77. The first-order valence-corrected chi connectivity index (χ1v) is 7.74. The smallest absolute Gasteiger partial charge is 0.343 e. The number of hydrogen-bond acceptors (Lipinski definition) is 4. The van der Waals surface area contributed by atoms with Crippen molar-refractivity contribution in [1.82, 2.24) is 9.78 Å². The number of aromatic nitrogens is 2. The van der Waals surface area contributed by atoms with Crippen LogP contribution in [-0.4, -0.2) is 27.5 Å². The summed E-state index contributed by atoms with van der Waals surface area (Å²) >= 11 is 8.63. The van der Waals surface area contributed by atoms with Gasteiger partial charge >= 0.3 is 5.97 Å². The molecule has 0 unspecified atom stereocenters. The zero-order valence-electron chi connectivity index (χ0n) is 12.1. The molecule has 0 aliphatic carbocycles. The fraction of sp³-hybridized carbons (Fsp3) is 0.214. The molecule has 116 valence electrons. The van der Waals surface area contributed by atoms with Crippen molar-refractivity contribution in [2.75, 3.05) is 17.2 Å². The average molecular weight is 383 g/mol. The van der Waals surface area contributed by atoms with Gasteiger partial charge in [-0.15, -0.1) is 0 Å². The van der Waals surface area contributed by atoms with Crippen LogP contribution >= 0.6 is 28.1 Å². The van der Waals surface area contributed by atoms with Crippen molar-refractivity contribution >= 4 is 50.7 Å². The van der Waals surface area contributed by atoms with Crippen molar-refractivity contribution in [2.45, 2.75) is 6.92 Å². The van der Waals surface area contributed by atoms with E-state index in [1.54, 1.807) is 14.0 Å². The van der Waals surface area contributed by atoms with Crippen LogP contribution in [0.4, 0.5) is 11.5 Å². The number of nitrogens with zero attached hydrogens (tertiary/aromatic N) is 2. The van der Waals surface area contributed by atoms with E-state index in [9.17, 15) is 4.79 Å². The van der Waals surface area contributed by atoms with Gasteiger partial charge in [0.05, 0.1) is 12.8 Å². The minimum absolute atomic E-state index is 0.300. The molecule has 0 aliphatic heterocycles. The van der Waals surface area contributed by atoms with Gasteiger partial charge in [-0.05, 0) is 43.4 Å². The van der Waals surface area contributed by atoms with Crippen LogP contribution in [0.2, 0.25) is 0 Å². The lowest BCUT2D eigenvalue weighted by atomic mass is 10.3. The number of anilines is 2. The molecule has 1 heterocycles. The second-order valence-corrected chi connectivity index (χ2v) is 5.66. The van der Waals surface area contributed by atoms with Crippen LogP contribution in [0.3, 0.4) is 0 Å². The monoisotopic (exact) mass is 382 g/mol. The topological polar surface area (TPSA) is 68.2 Å². The van der Waals surface area contributed by atoms with E-state index in [4.69, 9.17) is 17.0 Å². The van der Waals surface area contributed by atoms with Gasteiger partial charge in [-0.2, -0.15) is 5.10 Å². The van der Waals surface area contributed by atoms with Crippen molar-refractivity contribution in [3.63, 3.8) is 0 Å². The van der Waals surface area contributed by atoms with Crippen LogP contribution in [-0.2, 0) is 11.8 Å². The maximum Gasteiger partial charge on any atom is 0.343 e. The van der Waals surface area contributed by atoms with E-state index in [0.29, 0.717) is 23.1 Å². The Morgan fingerprint density at radius 2 is 2.05 bits per heavy atom. The highest BCUT2D eigenvalue weighted by Gasteiger charge is 2.18. The number of halogens is 1. The van der Waals surface area contributed by atoms with Crippen molar-refractivity contribution < 1.29 is 9.53 Å². The van der Waals surface area contributed by atoms with Crippen LogP contribution < -0.4 is 10.6 Å². The summed E-state index contributed by atoms with van der Waals surface area (Å²) < 4.78 is 7.50.